The molecular weight excluding hydrogens is 212 g/mol. The van der Waals surface area contributed by atoms with Gasteiger partial charge in [-0.1, -0.05) is 6.07 Å². The Kier molecular flexibility index (Phi) is 2.18. The van der Waals surface area contributed by atoms with Crippen LogP contribution in [0.15, 0.2) is 36.5 Å². The molecule has 1 aromatic carbocycles. The molecule has 0 amide bonds. The molecule has 0 saturated heterocycles. The predicted octanol–water partition coefficient (Wildman–Crippen LogP) is 3.10. The lowest BCUT2D eigenvalue weighted by atomic mass is 10.1. The Morgan fingerprint density at radius 1 is 0.941 bits per heavy atom. The van der Waals surface area contributed by atoms with Gasteiger partial charge in [0.15, 0.2) is 0 Å². The number of benzene rings is 1. The van der Waals surface area contributed by atoms with Crippen molar-refractivity contribution in [3.8, 4) is 5.88 Å². The third-order valence-electron chi connectivity index (χ3n) is 2.91. The summed E-state index contributed by atoms with van der Waals surface area (Å²) in [5, 5.41) is 3.28. The molecule has 3 heteroatoms. The highest BCUT2D eigenvalue weighted by atomic mass is 16.5. The molecule has 2 aromatic heterocycles. The van der Waals surface area contributed by atoms with Crippen LogP contribution in [0.4, 0.5) is 0 Å². The van der Waals surface area contributed by atoms with Crippen LogP contribution >= 0.6 is 0 Å². The van der Waals surface area contributed by atoms with E-state index in [1.54, 1.807) is 13.3 Å². The van der Waals surface area contributed by atoms with Crippen LogP contribution < -0.4 is 4.74 Å². The van der Waals surface area contributed by atoms with Gasteiger partial charge in [0, 0.05) is 22.7 Å². The summed E-state index contributed by atoms with van der Waals surface area (Å²) in [5.41, 5.74) is 2.03. The van der Waals surface area contributed by atoms with Crippen molar-refractivity contribution in [2.75, 3.05) is 7.11 Å². The van der Waals surface area contributed by atoms with E-state index >= 15 is 0 Å². The lowest BCUT2D eigenvalue weighted by molar-refractivity contribution is 0.403. The minimum absolute atomic E-state index is 0.657. The second-order valence-corrected chi connectivity index (χ2v) is 4.00. The largest absolute Gasteiger partial charge is 0.481 e. The maximum Gasteiger partial charge on any atom is 0.221 e. The fourth-order valence-electron chi connectivity index (χ4n) is 2.11. The average molecular weight is 224 g/mol. The van der Waals surface area contributed by atoms with Gasteiger partial charge in [0.1, 0.15) is 0 Å². The third-order valence-corrected chi connectivity index (χ3v) is 2.91. The first kappa shape index (κ1) is 10.0. The van der Waals surface area contributed by atoms with Crippen LogP contribution in [0.1, 0.15) is 5.69 Å². The van der Waals surface area contributed by atoms with E-state index in [4.69, 9.17) is 4.74 Å². The Bertz CT molecular complexity index is 707. The summed E-state index contributed by atoms with van der Waals surface area (Å²) in [4.78, 5) is 8.73. The van der Waals surface area contributed by atoms with Gasteiger partial charge in [-0.25, -0.2) is 4.98 Å². The van der Waals surface area contributed by atoms with E-state index in [9.17, 15) is 0 Å². The van der Waals surface area contributed by atoms with Crippen molar-refractivity contribution in [3.63, 3.8) is 0 Å². The maximum atomic E-state index is 5.27. The topological polar surface area (TPSA) is 35.0 Å². The Balaban J connectivity index is 2.48. The molecule has 0 fully saturated rings. The van der Waals surface area contributed by atoms with Crippen molar-refractivity contribution >= 4 is 21.7 Å². The Hall–Kier alpha value is -2.16. The second-order valence-electron chi connectivity index (χ2n) is 4.00. The highest BCUT2D eigenvalue weighted by Crippen LogP contribution is 2.29. The number of rotatable bonds is 1. The van der Waals surface area contributed by atoms with Crippen molar-refractivity contribution in [2.24, 2.45) is 0 Å². The van der Waals surface area contributed by atoms with Gasteiger partial charge in [-0.05, 0) is 36.6 Å². The van der Waals surface area contributed by atoms with Gasteiger partial charge in [-0.15, -0.1) is 0 Å². The molecule has 17 heavy (non-hydrogen) atoms. The Morgan fingerprint density at radius 3 is 2.59 bits per heavy atom. The minimum atomic E-state index is 0.657. The third kappa shape index (κ3) is 1.51. The predicted molar refractivity (Wildman–Crippen MR) is 68.3 cm³/mol. The van der Waals surface area contributed by atoms with Crippen molar-refractivity contribution in [3.05, 3.63) is 42.2 Å². The molecule has 2 heterocycles. The van der Waals surface area contributed by atoms with Crippen molar-refractivity contribution in [1.82, 2.24) is 9.97 Å². The standard InChI is InChI=1S/C14H12N2O/c1-9-3-4-11-10-7-8-15-14(17-2)12(10)5-6-13(11)16-9/h3-8H,1-2H3. The molecule has 0 radical (unpaired) electrons. The monoisotopic (exact) mass is 224 g/mol. The summed E-state index contributed by atoms with van der Waals surface area (Å²) in [6, 6.07) is 10.1. The second kappa shape index (κ2) is 3.70. The van der Waals surface area contributed by atoms with Crippen LogP contribution in [-0.4, -0.2) is 17.1 Å². The van der Waals surface area contributed by atoms with Crippen LogP contribution in [0.25, 0.3) is 21.7 Å². The van der Waals surface area contributed by atoms with Gasteiger partial charge in [0.05, 0.1) is 12.6 Å². The molecule has 0 bridgehead atoms. The Morgan fingerprint density at radius 2 is 1.76 bits per heavy atom. The summed E-state index contributed by atoms with van der Waals surface area (Å²) in [7, 11) is 1.64. The molecule has 0 saturated carbocycles. The molecule has 0 N–H and O–H groups in total. The van der Waals surface area contributed by atoms with Crippen molar-refractivity contribution < 1.29 is 4.74 Å². The molecule has 0 unspecified atom stereocenters. The van der Waals surface area contributed by atoms with Crippen LogP contribution in [0, 0.1) is 6.92 Å². The number of pyridine rings is 2. The summed E-state index contributed by atoms with van der Waals surface area (Å²) >= 11 is 0. The van der Waals surface area contributed by atoms with Gasteiger partial charge in [-0.2, -0.15) is 0 Å². The van der Waals surface area contributed by atoms with E-state index in [0.29, 0.717) is 5.88 Å². The van der Waals surface area contributed by atoms with Crippen LogP contribution in [-0.2, 0) is 0 Å². The van der Waals surface area contributed by atoms with Gasteiger partial charge >= 0.3 is 0 Å². The number of hydrogen-bond acceptors (Lipinski definition) is 3. The first-order valence-corrected chi connectivity index (χ1v) is 5.48. The van der Waals surface area contributed by atoms with E-state index in [1.165, 1.54) is 0 Å². The number of nitrogens with zero attached hydrogens (tertiary/aromatic N) is 2. The first-order valence-electron chi connectivity index (χ1n) is 5.48. The number of ether oxygens (including phenoxy) is 1. The minimum Gasteiger partial charge on any atom is -0.481 e. The number of aryl methyl sites for hydroxylation is 1. The van der Waals surface area contributed by atoms with E-state index in [2.05, 4.69) is 16.0 Å². The van der Waals surface area contributed by atoms with E-state index < -0.39 is 0 Å². The van der Waals surface area contributed by atoms with Gasteiger partial charge < -0.3 is 4.74 Å². The van der Waals surface area contributed by atoms with E-state index in [1.807, 2.05) is 31.2 Å². The molecule has 0 atom stereocenters. The molecular formula is C14H12N2O. The van der Waals surface area contributed by atoms with Gasteiger partial charge in [0.25, 0.3) is 0 Å². The van der Waals surface area contributed by atoms with E-state index in [-0.39, 0.29) is 0 Å². The highest BCUT2D eigenvalue weighted by molar-refractivity contribution is 6.07. The Labute approximate surface area is 99.1 Å². The molecule has 3 nitrogen and oxygen atoms in total. The molecule has 0 aliphatic carbocycles. The maximum absolute atomic E-state index is 5.27. The zero-order chi connectivity index (χ0) is 11.8. The molecule has 3 aromatic rings. The summed E-state index contributed by atoms with van der Waals surface area (Å²) in [6.45, 7) is 2.00. The molecule has 0 aliphatic rings. The number of fused-ring (bicyclic) bond motifs is 3. The van der Waals surface area contributed by atoms with Crippen LogP contribution in [0.5, 0.6) is 5.88 Å². The fourth-order valence-corrected chi connectivity index (χ4v) is 2.11. The van der Waals surface area contributed by atoms with Crippen LogP contribution in [0.2, 0.25) is 0 Å². The van der Waals surface area contributed by atoms with Gasteiger partial charge in [-0.3, -0.25) is 4.98 Å². The van der Waals surface area contributed by atoms with Crippen molar-refractivity contribution in [2.45, 2.75) is 6.92 Å². The number of methoxy groups -OCH3 is 1. The highest BCUT2D eigenvalue weighted by Gasteiger charge is 2.06. The average Bonchev–Trinajstić information content (AvgIpc) is 2.37. The van der Waals surface area contributed by atoms with Gasteiger partial charge in [0.2, 0.25) is 5.88 Å². The number of aromatic nitrogens is 2. The zero-order valence-electron chi connectivity index (χ0n) is 9.77. The molecule has 0 aliphatic heterocycles. The molecule has 84 valence electrons. The van der Waals surface area contributed by atoms with Crippen LogP contribution in [0.3, 0.4) is 0 Å². The fraction of sp³-hybridized carbons (Fsp3) is 0.143. The quantitative estimate of drug-likeness (QED) is 0.596. The lowest BCUT2D eigenvalue weighted by Crippen LogP contribution is -1.90. The zero-order valence-corrected chi connectivity index (χ0v) is 9.77. The smallest absolute Gasteiger partial charge is 0.221 e. The van der Waals surface area contributed by atoms with Crippen molar-refractivity contribution in [1.29, 1.82) is 0 Å². The molecule has 0 spiro atoms. The summed E-state index contributed by atoms with van der Waals surface area (Å²) in [5.74, 6) is 0.657. The first-order chi connectivity index (χ1) is 8.29. The lowest BCUT2D eigenvalue weighted by Gasteiger charge is -2.07. The normalized spacial score (nSPS) is 10.9. The SMILES string of the molecule is COc1nccc2c1ccc1nc(C)ccc12. The van der Waals surface area contributed by atoms with E-state index in [0.717, 1.165) is 27.4 Å². The summed E-state index contributed by atoms with van der Waals surface area (Å²) < 4.78 is 5.27. The number of hydrogen-bond donors (Lipinski definition) is 0. The molecule has 3 rings (SSSR count). The summed E-state index contributed by atoms with van der Waals surface area (Å²) in [6.07, 6.45) is 1.76.